The molecule has 98 valence electrons. The van der Waals surface area contributed by atoms with E-state index in [0.717, 1.165) is 11.4 Å². The number of hydrogen-bond donors (Lipinski definition) is 1. The first-order valence-electron chi connectivity index (χ1n) is 6.67. The van der Waals surface area contributed by atoms with E-state index in [1.54, 1.807) is 0 Å². The number of carbonyl (C=O) groups is 1. The van der Waals surface area contributed by atoms with Gasteiger partial charge in [-0.15, -0.1) is 0 Å². The maximum absolute atomic E-state index is 12.0. The van der Waals surface area contributed by atoms with Crippen molar-refractivity contribution in [3.05, 3.63) is 34.9 Å². The van der Waals surface area contributed by atoms with Gasteiger partial charge in [-0.25, -0.2) is 0 Å². The molecule has 0 saturated heterocycles. The highest BCUT2D eigenvalue weighted by molar-refractivity contribution is 6.30. The normalized spacial score (nSPS) is 18.2. The molecule has 1 saturated carbocycles. The SMILES string of the molecule is CCC(C)C(=O)NC(c1ccc(Cl)cc1)C1CC1. The third-order valence-electron chi connectivity index (χ3n) is 3.68. The minimum absolute atomic E-state index is 0.0820. The van der Waals surface area contributed by atoms with Crippen LogP contribution < -0.4 is 5.32 Å². The van der Waals surface area contributed by atoms with Crippen molar-refractivity contribution >= 4 is 17.5 Å². The summed E-state index contributed by atoms with van der Waals surface area (Å²) >= 11 is 5.90. The molecule has 0 radical (unpaired) electrons. The monoisotopic (exact) mass is 265 g/mol. The topological polar surface area (TPSA) is 29.1 Å². The average Bonchev–Trinajstić information content (AvgIpc) is 3.20. The molecule has 1 aromatic rings. The van der Waals surface area contributed by atoms with Crippen LogP contribution in [0.25, 0.3) is 0 Å². The summed E-state index contributed by atoms with van der Waals surface area (Å²) in [5.41, 5.74) is 1.17. The smallest absolute Gasteiger partial charge is 0.223 e. The number of benzene rings is 1. The van der Waals surface area contributed by atoms with E-state index in [9.17, 15) is 4.79 Å². The molecule has 1 amide bonds. The Morgan fingerprint density at radius 2 is 2.00 bits per heavy atom. The molecule has 3 heteroatoms. The first kappa shape index (κ1) is 13.4. The van der Waals surface area contributed by atoms with E-state index in [4.69, 9.17) is 11.6 Å². The standard InChI is InChI=1S/C15H20ClNO/c1-3-10(2)15(18)17-14(11-4-5-11)12-6-8-13(16)9-7-12/h6-11,14H,3-5H2,1-2H3,(H,17,18). The molecular weight excluding hydrogens is 246 g/mol. The summed E-state index contributed by atoms with van der Waals surface area (Å²) in [6.45, 7) is 4.01. The molecule has 2 nitrogen and oxygen atoms in total. The van der Waals surface area contributed by atoms with Crippen molar-refractivity contribution in [2.24, 2.45) is 11.8 Å². The van der Waals surface area contributed by atoms with Crippen LogP contribution in [0, 0.1) is 11.8 Å². The first-order chi connectivity index (χ1) is 8.61. The van der Waals surface area contributed by atoms with E-state index >= 15 is 0 Å². The largest absolute Gasteiger partial charge is 0.349 e. The van der Waals surface area contributed by atoms with Gasteiger partial charge in [0.2, 0.25) is 5.91 Å². The number of amides is 1. The second kappa shape index (κ2) is 5.75. The summed E-state index contributed by atoms with van der Waals surface area (Å²) in [6.07, 6.45) is 3.28. The Kier molecular flexibility index (Phi) is 4.28. The van der Waals surface area contributed by atoms with Gasteiger partial charge in [0.25, 0.3) is 0 Å². The maximum Gasteiger partial charge on any atom is 0.223 e. The van der Waals surface area contributed by atoms with Crippen LogP contribution in [0.2, 0.25) is 5.02 Å². The van der Waals surface area contributed by atoms with Crippen molar-refractivity contribution in [3.63, 3.8) is 0 Å². The van der Waals surface area contributed by atoms with Gasteiger partial charge in [-0.2, -0.15) is 0 Å². The maximum atomic E-state index is 12.0. The van der Waals surface area contributed by atoms with Crippen LogP contribution in [0.1, 0.15) is 44.7 Å². The molecule has 2 atom stereocenters. The Morgan fingerprint density at radius 1 is 1.39 bits per heavy atom. The van der Waals surface area contributed by atoms with E-state index in [1.165, 1.54) is 18.4 Å². The fourth-order valence-electron chi connectivity index (χ4n) is 2.05. The number of hydrogen-bond acceptors (Lipinski definition) is 1. The summed E-state index contributed by atoms with van der Waals surface area (Å²) in [7, 11) is 0. The van der Waals surface area contributed by atoms with Gasteiger partial charge in [-0.3, -0.25) is 4.79 Å². The second-order valence-electron chi connectivity index (χ2n) is 5.18. The molecule has 2 rings (SSSR count). The molecule has 0 heterocycles. The zero-order chi connectivity index (χ0) is 13.1. The van der Waals surface area contributed by atoms with Crippen LogP contribution in [0.3, 0.4) is 0 Å². The highest BCUT2D eigenvalue weighted by Crippen LogP contribution is 2.41. The number of nitrogens with one attached hydrogen (secondary N) is 1. The van der Waals surface area contributed by atoms with E-state index in [0.29, 0.717) is 5.92 Å². The van der Waals surface area contributed by atoms with Gasteiger partial charge in [-0.05, 0) is 42.9 Å². The van der Waals surface area contributed by atoms with E-state index in [1.807, 2.05) is 38.1 Å². The summed E-state index contributed by atoms with van der Waals surface area (Å²) in [4.78, 5) is 12.0. The molecule has 1 aromatic carbocycles. The van der Waals surface area contributed by atoms with Crippen LogP contribution >= 0.6 is 11.6 Å². The Hall–Kier alpha value is -1.02. The van der Waals surface area contributed by atoms with Gasteiger partial charge in [0.15, 0.2) is 0 Å². The van der Waals surface area contributed by atoms with Crippen molar-refractivity contribution in [2.45, 2.75) is 39.2 Å². The summed E-state index contributed by atoms with van der Waals surface area (Å²) in [5.74, 6) is 0.835. The summed E-state index contributed by atoms with van der Waals surface area (Å²) < 4.78 is 0. The summed E-state index contributed by atoms with van der Waals surface area (Å²) in [6, 6.07) is 7.97. The average molecular weight is 266 g/mol. The van der Waals surface area contributed by atoms with Crippen molar-refractivity contribution in [1.82, 2.24) is 5.32 Å². The Morgan fingerprint density at radius 3 is 2.50 bits per heavy atom. The minimum atomic E-state index is 0.0820. The molecule has 0 aromatic heterocycles. The van der Waals surface area contributed by atoms with Crippen molar-refractivity contribution in [1.29, 1.82) is 0 Å². The molecule has 1 aliphatic carbocycles. The Labute approximate surface area is 114 Å². The van der Waals surface area contributed by atoms with Crippen molar-refractivity contribution in [2.75, 3.05) is 0 Å². The minimum Gasteiger partial charge on any atom is -0.349 e. The van der Waals surface area contributed by atoms with Crippen LogP contribution in [0.4, 0.5) is 0 Å². The molecule has 2 unspecified atom stereocenters. The lowest BCUT2D eigenvalue weighted by atomic mass is 10.0. The van der Waals surface area contributed by atoms with Crippen LogP contribution in [0.15, 0.2) is 24.3 Å². The quantitative estimate of drug-likeness (QED) is 0.858. The lowest BCUT2D eigenvalue weighted by Crippen LogP contribution is -2.33. The van der Waals surface area contributed by atoms with Gasteiger partial charge in [-0.1, -0.05) is 37.6 Å². The predicted molar refractivity (Wildman–Crippen MR) is 74.5 cm³/mol. The highest BCUT2D eigenvalue weighted by Gasteiger charge is 2.33. The van der Waals surface area contributed by atoms with E-state index in [-0.39, 0.29) is 17.9 Å². The third kappa shape index (κ3) is 3.26. The van der Waals surface area contributed by atoms with E-state index < -0.39 is 0 Å². The number of halogens is 1. The molecule has 1 aliphatic rings. The van der Waals surface area contributed by atoms with Gasteiger partial charge in [0.05, 0.1) is 6.04 Å². The van der Waals surface area contributed by atoms with Crippen LogP contribution in [-0.4, -0.2) is 5.91 Å². The molecule has 1 N–H and O–H groups in total. The lowest BCUT2D eigenvalue weighted by Gasteiger charge is -2.21. The molecule has 0 spiro atoms. The number of rotatable bonds is 5. The van der Waals surface area contributed by atoms with Crippen LogP contribution in [0.5, 0.6) is 0 Å². The van der Waals surface area contributed by atoms with Crippen LogP contribution in [-0.2, 0) is 4.79 Å². The van der Waals surface area contributed by atoms with Gasteiger partial charge >= 0.3 is 0 Å². The van der Waals surface area contributed by atoms with E-state index in [2.05, 4.69) is 5.32 Å². The zero-order valence-electron chi connectivity index (χ0n) is 10.9. The first-order valence-corrected chi connectivity index (χ1v) is 7.05. The third-order valence-corrected chi connectivity index (χ3v) is 3.93. The highest BCUT2D eigenvalue weighted by atomic mass is 35.5. The zero-order valence-corrected chi connectivity index (χ0v) is 11.7. The predicted octanol–water partition coefficient (Wildman–Crippen LogP) is 3.95. The fraction of sp³-hybridized carbons (Fsp3) is 0.533. The summed E-state index contributed by atoms with van der Waals surface area (Å²) in [5, 5.41) is 3.92. The second-order valence-corrected chi connectivity index (χ2v) is 5.62. The van der Waals surface area contributed by atoms with Gasteiger partial charge in [0, 0.05) is 10.9 Å². The van der Waals surface area contributed by atoms with Crippen molar-refractivity contribution in [3.8, 4) is 0 Å². The Balaban J connectivity index is 2.09. The van der Waals surface area contributed by atoms with Gasteiger partial charge in [0.1, 0.15) is 0 Å². The Bertz CT molecular complexity index is 411. The molecule has 0 bridgehead atoms. The molecule has 1 fully saturated rings. The lowest BCUT2D eigenvalue weighted by molar-refractivity contribution is -0.125. The molecular formula is C15H20ClNO. The van der Waals surface area contributed by atoms with Gasteiger partial charge < -0.3 is 5.32 Å². The molecule has 18 heavy (non-hydrogen) atoms. The number of carbonyl (C=O) groups excluding carboxylic acids is 1. The fourth-order valence-corrected chi connectivity index (χ4v) is 2.18. The molecule has 0 aliphatic heterocycles. The van der Waals surface area contributed by atoms with Crippen molar-refractivity contribution < 1.29 is 4.79 Å².